The SMILES string of the molecule is CCOc1cc2c(cc1OCC)C[NH+](Cn1nc(-c3cccnc3)oc1=S)CC2. The van der Waals surface area contributed by atoms with Crippen molar-refractivity contribution in [1.82, 2.24) is 14.8 Å². The summed E-state index contributed by atoms with van der Waals surface area (Å²) in [4.78, 5) is 5.86. The molecule has 1 atom stereocenters. The van der Waals surface area contributed by atoms with Crippen molar-refractivity contribution < 1.29 is 18.8 Å². The van der Waals surface area contributed by atoms with Crippen LogP contribution in [0, 0.1) is 4.84 Å². The second kappa shape index (κ2) is 8.75. The van der Waals surface area contributed by atoms with Gasteiger partial charge in [-0.3, -0.25) is 4.98 Å². The first-order valence-electron chi connectivity index (χ1n) is 9.91. The molecule has 0 saturated heterocycles. The van der Waals surface area contributed by atoms with Gasteiger partial charge in [-0.15, -0.1) is 5.10 Å². The van der Waals surface area contributed by atoms with Crippen molar-refractivity contribution in [1.29, 1.82) is 0 Å². The molecule has 7 nitrogen and oxygen atoms in total. The Balaban J connectivity index is 1.53. The van der Waals surface area contributed by atoms with E-state index in [0.717, 1.165) is 36.6 Å². The summed E-state index contributed by atoms with van der Waals surface area (Å²) in [6.07, 6.45) is 4.41. The molecule has 1 aliphatic rings. The van der Waals surface area contributed by atoms with E-state index in [1.807, 2.05) is 26.0 Å². The smallest absolute Gasteiger partial charge is 0.292 e. The van der Waals surface area contributed by atoms with E-state index in [9.17, 15) is 0 Å². The molecule has 152 valence electrons. The fraction of sp³-hybridized carbons (Fsp3) is 0.381. The molecule has 8 heteroatoms. The minimum atomic E-state index is 0.379. The number of quaternary nitrogens is 1. The lowest BCUT2D eigenvalue weighted by Gasteiger charge is -2.26. The lowest BCUT2D eigenvalue weighted by atomic mass is 9.99. The molecule has 3 heterocycles. The summed E-state index contributed by atoms with van der Waals surface area (Å²) in [5, 5.41) is 4.56. The number of nitrogens with one attached hydrogen (secondary N) is 1. The van der Waals surface area contributed by atoms with Crippen LogP contribution in [0.5, 0.6) is 11.5 Å². The van der Waals surface area contributed by atoms with Crippen LogP contribution in [0.4, 0.5) is 0 Å². The van der Waals surface area contributed by atoms with Crippen LogP contribution in [0.15, 0.2) is 41.1 Å². The standard InChI is InChI=1S/C21H24N4O3S/c1-3-26-18-10-15-7-9-24(13-17(15)11-19(18)27-4-2)14-25-21(29)28-20(23-25)16-6-5-8-22-12-16/h5-6,8,10-12H,3-4,7,9,13-14H2,1-2H3/p+1. The van der Waals surface area contributed by atoms with Crippen molar-refractivity contribution in [3.63, 3.8) is 0 Å². The third kappa shape index (κ3) is 4.33. The molecule has 1 unspecified atom stereocenters. The fourth-order valence-corrected chi connectivity index (χ4v) is 3.79. The Labute approximate surface area is 174 Å². The minimum absolute atomic E-state index is 0.379. The summed E-state index contributed by atoms with van der Waals surface area (Å²) in [6, 6.07) is 8.01. The molecule has 1 N–H and O–H groups in total. The molecule has 0 saturated carbocycles. The van der Waals surface area contributed by atoms with E-state index in [1.54, 1.807) is 17.1 Å². The van der Waals surface area contributed by atoms with Gasteiger partial charge in [-0.2, -0.15) is 4.68 Å². The zero-order valence-electron chi connectivity index (χ0n) is 16.7. The van der Waals surface area contributed by atoms with Crippen LogP contribution < -0.4 is 14.4 Å². The number of fused-ring (bicyclic) bond motifs is 1. The van der Waals surface area contributed by atoms with Crippen LogP contribution in [0.1, 0.15) is 25.0 Å². The summed E-state index contributed by atoms with van der Waals surface area (Å²) >= 11 is 5.38. The number of aromatic nitrogens is 3. The van der Waals surface area contributed by atoms with E-state index >= 15 is 0 Å². The van der Waals surface area contributed by atoms with Crippen molar-refractivity contribution >= 4 is 12.2 Å². The third-order valence-corrected chi connectivity index (χ3v) is 5.24. The molecular formula is C21H25N4O3S+. The Morgan fingerprint density at radius 2 is 1.93 bits per heavy atom. The highest BCUT2D eigenvalue weighted by Gasteiger charge is 2.23. The highest BCUT2D eigenvalue weighted by atomic mass is 32.1. The second-order valence-corrected chi connectivity index (χ2v) is 7.28. The summed E-state index contributed by atoms with van der Waals surface area (Å²) < 4.78 is 19.0. The summed E-state index contributed by atoms with van der Waals surface area (Å²) in [6.45, 7) is 7.73. The highest BCUT2D eigenvalue weighted by Crippen LogP contribution is 2.32. The zero-order chi connectivity index (χ0) is 20.2. The van der Waals surface area contributed by atoms with Gasteiger partial charge in [0.2, 0.25) is 5.89 Å². The van der Waals surface area contributed by atoms with Gasteiger partial charge >= 0.3 is 0 Å². The maximum atomic E-state index is 5.79. The van der Waals surface area contributed by atoms with Crippen molar-refractivity contribution in [2.45, 2.75) is 33.5 Å². The van der Waals surface area contributed by atoms with Crippen molar-refractivity contribution in [2.24, 2.45) is 0 Å². The number of pyridine rings is 1. The van der Waals surface area contributed by atoms with Crippen LogP contribution in [0.25, 0.3) is 11.5 Å². The van der Waals surface area contributed by atoms with Gasteiger partial charge in [-0.1, -0.05) is 0 Å². The first-order valence-corrected chi connectivity index (χ1v) is 10.3. The molecule has 0 spiro atoms. The normalized spacial score (nSPS) is 15.7. The Kier molecular flexibility index (Phi) is 5.92. The maximum Gasteiger partial charge on any atom is 0.292 e. The van der Waals surface area contributed by atoms with E-state index in [0.29, 0.717) is 30.6 Å². The monoisotopic (exact) mass is 413 g/mol. The van der Waals surface area contributed by atoms with Gasteiger partial charge in [-0.25, -0.2) is 0 Å². The fourth-order valence-electron chi connectivity index (χ4n) is 3.61. The molecule has 29 heavy (non-hydrogen) atoms. The molecule has 3 aromatic rings. The molecule has 0 fully saturated rings. The molecule has 0 amide bonds. The molecular weight excluding hydrogens is 388 g/mol. The number of nitrogens with zero attached hydrogens (tertiary/aromatic N) is 3. The van der Waals surface area contributed by atoms with Gasteiger partial charge < -0.3 is 18.8 Å². The van der Waals surface area contributed by atoms with E-state index in [1.165, 1.54) is 16.0 Å². The molecule has 0 bridgehead atoms. The van der Waals surface area contributed by atoms with Gasteiger partial charge in [0, 0.05) is 24.4 Å². The molecule has 1 aliphatic heterocycles. The van der Waals surface area contributed by atoms with Crippen LogP contribution >= 0.6 is 12.2 Å². The van der Waals surface area contributed by atoms with Gasteiger partial charge in [0.25, 0.3) is 4.84 Å². The van der Waals surface area contributed by atoms with Gasteiger partial charge in [0.1, 0.15) is 6.54 Å². The van der Waals surface area contributed by atoms with Crippen LogP contribution in [0.3, 0.4) is 0 Å². The first kappa shape index (κ1) is 19.6. The quantitative estimate of drug-likeness (QED) is 0.601. The summed E-state index contributed by atoms with van der Waals surface area (Å²) in [5.74, 6) is 2.14. The van der Waals surface area contributed by atoms with Gasteiger partial charge in [-0.05, 0) is 55.9 Å². The second-order valence-electron chi connectivity index (χ2n) is 6.93. The lowest BCUT2D eigenvalue weighted by Crippen LogP contribution is -3.11. The average molecular weight is 414 g/mol. The number of ether oxygens (including phenoxy) is 2. The van der Waals surface area contributed by atoms with Gasteiger partial charge in [0.15, 0.2) is 18.2 Å². The molecule has 4 rings (SSSR count). The maximum absolute atomic E-state index is 5.79. The van der Waals surface area contributed by atoms with E-state index in [4.69, 9.17) is 26.1 Å². The highest BCUT2D eigenvalue weighted by molar-refractivity contribution is 7.71. The van der Waals surface area contributed by atoms with Crippen molar-refractivity contribution in [3.8, 4) is 23.0 Å². The Hall–Kier alpha value is -2.71. The van der Waals surface area contributed by atoms with Crippen molar-refractivity contribution in [3.05, 3.63) is 52.6 Å². The average Bonchev–Trinajstić information content (AvgIpc) is 3.10. The largest absolute Gasteiger partial charge is 0.490 e. The molecule has 0 aliphatic carbocycles. The predicted molar refractivity (Wildman–Crippen MR) is 111 cm³/mol. The van der Waals surface area contributed by atoms with E-state index < -0.39 is 0 Å². The van der Waals surface area contributed by atoms with Crippen LogP contribution in [0.2, 0.25) is 0 Å². The first-order chi connectivity index (χ1) is 14.2. The van der Waals surface area contributed by atoms with Gasteiger partial charge in [0.05, 0.1) is 25.3 Å². The lowest BCUT2D eigenvalue weighted by molar-refractivity contribution is -0.939. The number of rotatable bonds is 7. The molecule has 2 aromatic heterocycles. The topological polar surface area (TPSA) is 66.8 Å². The number of benzene rings is 1. The van der Waals surface area contributed by atoms with E-state index in [2.05, 4.69) is 22.2 Å². The molecule has 1 aromatic carbocycles. The molecule has 0 radical (unpaired) electrons. The van der Waals surface area contributed by atoms with E-state index in [-0.39, 0.29) is 0 Å². The Bertz CT molecular complexity index is 1030. The summed E-state index contributed by atoms with van der Waals surface area (Å²) in [7, 11) is 0. The van der Waals surface area contributed by atoms with Crippen molar-refractivity contribution in [2.75, 3.05) is 19.8 Å². The number of hydrogen-bond acceptors (Lipinski definition) is 6. The zero-order valence-corrected chi connectivity index (χ0v) is 17.5. The van der Waals surface area contributed by atoms with Crippen LogP contribution in [-0.4, -0.2) is 34.5 Å². The number of hydrogen-bond donors (Lipinski definition) is 1. The summed E-state index contributed by atoms with van der Waals surface area (Å²) in [5.41, 5.74) is 3.42. The van der Waals surface area contributed by atoms with Crippen LogP contribution in [-0.2, 0) is 19.6 Å². The Morgan fingerprint density at radius 3 is 2.62 bits per heavy atom. The predicted octanol–water partition coefficient (Wildman–Crippen LogP) is 2.66. The third-order valence-electron chi connectivity index (χ3n) is 4.94. The minimum Gasteiger partial charge on any atom is -0.490 e. The Morgan fingerprint density at radius 1 is 1.17 bits per heavy atom.